The van der Waals surface area contributed by atoms with Crippen molar-refractivity contribution in [2.75, 3.05) is 5.73 Å². The second kappa shape index (κ2) is 5.05. The smallest absolute Gasteiger partial charge is 0.260 e. The van der Waals surface area contributed by atoms with Crippen molar-refractivity contribution in [1.82, 2.24) is 10.1 Å². The Morgan fingerprint density at radius 2 is 1.90 bits per heavy atom. The molecule has 0 spiro atoms. The Balaban J connectivity index is 2.07. The largest absolute Gasteiger partial charge is 0.398 e. The minimum absolute atomic E-state index is 0.192. The van der Waals surface area contributed by atoms with Crippen LogP contribution in [0.25, 0.3) is 22.8 Å². The van der Waals surface area contributed by atoms with Gasteiger partial charge in [0.1, 0.15) is 5.82 Å². The molecule has 0 atom stereocenters. The molecule has 0 saturated carbocycles. The number of halogens is 2. The van der Waals surface area contributed by atoms with E-state index in [0.717, 1.165) is 4.47 Å². The van der Waals surface area contributed by atoms with Crippen LogP contribution in [0.4, 0.5) is 10.1 Å². The zero-order chi connectivity index (χ0) is 14.1. The van der Waals surface area contributed by atoms with Crippen molar-refractivity contribution < 1.29 is 8.91 Å². The van der Waals surface area contributed by atoms with Gasteiger partial charge in [0.25, 0.3) is 5.89 Å². The quantitative estimate of drug-likeness (QED) is 0.722. The van der Waals surface area contributed by atoms with Crippen LogP contribution in [0, 0.1) is 5.82 Å². The third-order valence-electron chi connectivity index (χ3n) is 2.79. The molecule has 0 unspecified atom stereocenters. The fraction of sp³-hybridized carbons (Fsp3) is 0. The monoisotopic (exact) mass is 333 g/mol. The van der Waals surface area contributed by atoms with Crippen molar-refractivity contribution in [1.29, 1.82) is 0 Å². The molecule has 100 valence electrons. The molecule has 2 N–H and O–H groups in total. The molecule has 1 heterocycles. The maximum atomic E-state index is 13.7. The molecule has 0 aliphatic rings. The summed E-state index contributed by atoms with van der Waals surface area (Å²) in [5.74, 6) is 0.0431. The maximum absolute atomic E-state index is 13.7. The normalized spacial score (nSPS) is 10.7. The fourth-order valence-electron chi connectivity index (χ4n) is 1.80. The van der Waals surface area contributed by atoms with Gasteiger partial charge in [-0.15, -0.1) is 0 Å². The Morgan fingerprint density at radius 3 is 2.70 bits per heavy atom. The summed E-state index contributed by atoms with van der Waals surface area (Å²) in [5.41, 5.74) is 7.28. The highest BCUT2D eigenvalue weighted by Crippen LogP contribution is 2.29. The second-order valence-corrected chi connectivity index (χ2v) is 5.05. The highest BCUT2D eigenvalue weighted by molar-refractivity contribution is 9.10. The van der Waals surface area contributed by atoms with E-state index in [0.29, 0.717) is 11.3 Å². The topological polar surface area (TPSA) is 64.9 Å². The lowest BCUT2D eigenvalue weighted by molar-refractivity contribution is 0.432. The van der Waals surface area contributed by atoms with Crippen LogP contribution in [0.5, 0.6) is 0 Å². The van der Waals surface area contributed by atoms with E-state index >= 15 is 0 Å². The molecule has 3 aromatic rings. The van der Waals surface area contributed by atoms with Crippen molar-refractivity contribution in [2.24, 2.45) is 0 Å². The molecule has 0 amide bonds. The van der Waals surface area contributed by atoms with Gasteiger partial charge in [-0.2, -0.15) is 4.98 Å². The molecule has 20 heavy (non-hydrogen) atoms. The Labute approximate surface area is 122 Å². The molecule has 0 aliphatic heterocycles. The van der Waals surface area contributed by atoms with Gasteiger partial charge in [0, 0.05) is 10.2 Å². The lowest BCUT2D eigenvalue weighted by Crippen LogP contribution is -1.90. The lowest BCUT2D eigenvalue weighted by Gasteiger charge is -2.00. The van der Waals surface area contributed by atoms with E-state index in [1.807, 2.05) is 6.07 Å². The highest BCUT2D eigenvalue weighted by atomic mass is 79.9. The van der Waals surface area contributed by atoms with E-state index < -0.39 is 5.82 Å². The fourth-order valence-corrected chi connectivity index (χ4v) is 2.16. The van der Waals surface area contributed by atoms with E-state index in [-0.39, 0.29) is 17.3 Å². The number of rotatable bonds is 2. The third kappa shape index (κ3) is 2.30. The number of nitrogens with zero attached hydrogens (tertiary/aromatic N) is 2. The van der Waals surface area contributed by atoms with E-state index in [1.54, 1.807) is 30.3 Å². The van der Waals surface area contributed by atoms with Crippen LogP contribution >= 0.6 is 15.9 Å². The van der Waals surface area contributed by atoms with Crippen molar-refractivity contribution in [3.05, 3.63) is 52.8 Å². The molecule has 3 rings (SSSR count). The van der Waals surface area contributed by atoms with Crippen molar-refractivity contribution in [3.63, 3.8) is 0 Å². The number of nitrogens with two attached hydrogens (primary N) is 1. The summed E-state index contributed by atoms with van der Waals surface area (Å²) < 4.78 is 19.7. The number of hydrogen-bond donors (Lipinski definition) is 1. The summed E-state index contributed by atoms with van der Waals surface area (Å²) in [6, 6.07) is 11.6. The molecule has 1 aromatic heterocycles. The Morgan fingerprint density at radius 1 is 1.10 bits per heavy atom. The first-order chi connectivity index (χ1) is 9.65. The standard InChI is InChI=1S/C14H9BrFN3O/c15-8-5-6-12(17)10(7-8)14-18-13(19-20-14)9-3-1-2-4-11(9)16/h1-7H,17H2. The lowest BCUT2D eigenvalue weighted by atomic mass is 10.2. The van der Waals surface area contributed by atoms with Crippen LogP contribution < -0.4 is 5.73 Å². The van der Waals surface area contributed by atoms with Crippen LogP contribution in [-0.2, 0) is 0 Å². The molecule has 0 fully saturated rings. The zero-order valence-corrected chi connectivity index (χ0v) is 11.8. The summed E-state index contributed by atoms with van der Waals surface area (Å²) in [4.78, 5) is 4.19. The van der Waals surface area contributed by atoms with Gasteiger partial charge in [-0.25, -0.2) is 4.39 Å². The molecule has 2 aromatic carbocycles. The summed E-state index contributed by atoms with van der Waals surface area (Å²) >= 11 is 3.35. The van der Waals surface area contributed by atoms with Gasteiger partial charge in [-0.3, -0.25) is 0 Å². The average molecular weight is 334 g/mol. The third-order valence-corrected chi connectivity index (χ3v) is 3.28. The number of hydrogen-bond acceptors (Lipinski definition) is 4. The van der Waals surface area contributed by atoms with E-state index in [4.69, 9.17) is 10.3 Å². The molecule has 6 heteroatoms. The SMILES string of the molecule is Nc1ccc(Br)cc1-c1nc(-c2ccccc2F)no1. The van der Waals surface area contributed by atoms with Gasteiger partial charge in [0.05, 0.1) is 11.1 Å². The minimum Gasteiger partial charge on any atom is -0.398 e. The van der Waals surface area contributed by atoms with Gasteiger partial charge < -0.3 is 10.3 Å². The minimum atomic E-state index is -0.401. The number of benzene rings is 2. The van der Waals surface area contributed by atoms with Gasteiger partial charge in [-0.1, -0.05) is 33.2 Å². The predicted molar refractivity (Wildman–Crippen MR) is 77.2 cm³/mol. The molecule has 0 radical (unpaired) electrons. The van der Waals surface area contributed by atoms with Crippen LogP contribution in [-0.4, -0.2) is 10.1 Å². The Bertz CT molecular complexity index is 773. The highest BCUT2D eigenvalue weighted by Gasteiger charge is 2.15. The number of aromatic nitrogens is 2. The summed E-state index contributed by atoms with van der Waals surface area (Å²) in [6.07, 6.45) is 0. The number of anilines is 1. The van der Waals surface area contributed by atoms with Crippen LogP contribution in [0.3, 0.4) is 0 Å². The first-order valence-corrected chi connectivity index (χ1v) is 6.58. The molecule has 0 saturated heterocycles. The molecule has 0 aliphatic carbocycles. The van der Waals surface area contributed by atoms with E-state index in [1.165, 1.54) is 6.07 Å². The molecular weight excluding hydrogens is 325 g/mol. The van der Waals surface area contributed by atoms with Crippen LogP contribution in [0.1, 0.15) is 0 Å². The Hall–Kier alpha value is -2.21. The molecule has 4 nitrogen and oxygen atoms in total. The van der Waals surface area contributed by atoms with Crippen LogP contribution in [0.2, 0.25) is 0 Å². The van der Waals surface area contributed by atoms with Gasteiger partial charge in [0.15, 0.2) is 0 Å². The first kappa shape index (κ1) is 12.8. The predicted octanol–water partition coefficient (Wildman–Crippen LogP) is 3.89. The maximum Gasteiger partial charge on any atom is 0.260 e. The van der Waals surface area contributed by atoms with Crippen molar-refractivity contribution in [3.8, 4) is 22.8 Å². The summed E-state index contributed by atoms with van der Waals surface area (Å²) in [6.45, 7) is 0. The average Bonchev–Trinajstić information content (AvgIpc) is 2.91. The second-order valence-electron chi connectivity index (χ2n) is 4.13. The summed E-state index contributed by atoms with van der Waals surface area (Å²) in [7, 11) is 0. The molecule has 0 bridgehead atoms. The Kier molecular flexibility index (Phi) is 3.23. The first-order valence-electron chi connectivity index (χ1n) is 5.79. The summed E-state index contributed by atoms with van der Waals surface area (Å²) in [5, 5.41) is 3.80. The van der Waals surface area contributed by atoms with E-state index in [2.05, 4.69) is 26.1 Å². The zero-order valence-electron chi connectivity index (χ0n) is 10.2. The van der Waals surface area contributed by atoms with Crippen molar-refractivity contribution >= 4 is 21.6 Å². The molecular formula is C14H9BrFN3O. The van der Waals surface area contributed by atoms with Gasteiger partial charge in [-0.05, 0) is 30.3 Å². The van der Waals surface area contributed by atoms with Gasteiger partial charge >= 0.3 is 0 Å². The van der Waals surface area contributed by atoms with E-state index in [9.17, 15) is 4.39 Å². The number of nitrogen functional groups attached to an aromatic ring is 1. The van der Waals surface area contributed by atoms with Crippen molar-refractivity contribution in [2.45, 2.75) is 0 Å². The van der Waals surface area contributed by atoms with Crippen LogP contribution in [0.15, 0.2) is 51.5 Å². The van der Waals surface area contributed by atoms with Gasteiger partial charge in [0.2, 0.25) is 5.82 Å².